The van der Waals surface area contributed by atoms with Gasteiger partial charge in [-0.3, -0.25) is 4.79 Å². The largest absolute Gasteiger partial charge is 0.365 e. The Balaban J connectivity index is 1.70. The van der Waals surface area contributed by atoms with Crippen LogP contribution in [0.5, 0.6) is 0 Å². The van der Waals surface area contributed by atoms with Crippen LogP contribution in [0.3, 0.4) is 0 Å². The molecule has 5 heteroatoms. The van der Waals surface area contributed by atoms with Gasteiger partial charge in [0.2, 0.25) is 0 Å². The summed E-state index contributed by atoms with van der Waals surface area (Å²) in [6.07, 6.45) is 5.93. The number of aromatic amines is 2. The second-order valence-electron chi connectivity index (χ2n) is 4.30. The topological polar surface area (TPSA) is 73.6 Å². The van der Waals surface area contributed by atoms with E-state index in [-0.39, 0.29) is 5.56 Å². The Labute approximate surface area is 109 Å². The van der Waals surface area contributed by atoms with Crippen molar-refractivity contribution >= 4 is 16.7 Å². The molecule has 0 aliphatic heterocycles. The molecule has 0 saturated heterocycles. The molecule has 2 aromatic heterocycles. The van der Waals surface area contributed by atoms with Crippen LogP contribution in [0.4, 0.5) is 5.82 Å². The number of hydrogen-bond acceptors (Lipinski definition) is 3. The number of anilines is 1. The van der Waals surface area contributed by atoms with Crippen molar-refractivity contribution in [3.05, 3.63) is 58.8 Å². The molecule has 0 unspecified atom stereocenters. The van der Waals surface area contributed by atoms with Crippen LogP contribution in [-0.2, 0) is 6.42 Å². The molecule has 0 radical (unpaired) electrons. The van der Waals surface area contributed by atoms with Gasteiger partial charge >= 0.3 is 0 Å². The van der Waals surface area contributed by atoms with Crippen LogP contribution in [-0.4, -0.2) is 21.5 Å². The van der Waals surface area contributed by atoms with Crippen molar-refractivity contribution in [1.29, 1.82) is 0 Å². The van der Waals surface area contributed by atoms with Gasteiger partial charge in [0.1, 0.15) is 0 Å². The number of aromatic nitrogens is 3. The maximum absolute atomic E-state index is 11.4. The Kier molecular flexibility index (Phi) is 3.02. The first-order valence-electron chi connectivity index (χ1n) is 6.17. The van der Waals surface area contributed by atoms with E-state index in [0.29, 0.717) is 12.4 Å². The van der Waals surface area contributed by atoms with Gasteiger partial charge in [0, 0.05) is 36.0 Å². The molecule has 2 heterocycles. The van der Waals surface area contributed by atoms with Gasteiger partial charge in [0.15, 0.2) is 5.82 Å². The van der Waals surface area contributed by atoms with E-state index in [4.69, 9.17) is 0 Å². The van der Waals surface area contributed by atoms with Crippen LogP contribution in [0.15, 0.2) is 47.7 Å². The molecule has 0 bridgehead atoms. The standard InChI is InChI=1S/C14H14N4O/c19-14-13(16-7-8-17-14)15-6-5-10-9-18-12-4-2-1-3-11(10)12/h1-4,7-9,18H,5-6H2,(H,15,16)(H,17,19). The van der Waals surface area contributed by atoms with Gasteiger partial charge in [-0.05, 0) is 18.1 Å². The molecule has 5 nitrogen and oxygen atoms in total. The summed E-state index contributed by atoms with van der Waals surface area (Å²) < 4.78 is 0. The van der Waals surface area contributed by atoms with Crippen LogP contribution in [0.25, 0.3) is 10.9 Å². The summed E-state index contributed by atoms with van der Waals surface area (Å²) in [4.78, 5) is 21.3. The van der Waals surface area contributed by atoms with Crippen LogP contribution < -0.4 is 10.9 Å². The zero-order valence-corrected chi connectivity index (χ0v) is 10.3. The van der Waals surface area contributed by atoms with E-state index in [9.17, 15) is 4.79 Å². The minimum Gasteiger partial charge on any atom is -0.365 e. The average Bonchev–Trinajstić information content (AvgIpc) is 2.85. The number of fused-ring (bicyclic) bond motifs is 1. The van der Waals surface area contributed by atoms with Crippen LogP contribution in [0.1, 0.15) is 5.56 Å². The van der Waals surface area contributed by atoms with E-state index >= 15 is 0 Å². The molecule has 1 aromatic carbocycles. The summed E-state index contributed by atoms with van der Waals surface area (Å²) >= 11 is 0. The molecule has 0 saturated carbocycles. The predicted octanol–water partition coefficient (Wildman–Crippen LogP) is 1.91. The molecule has 3 N–H and O–H groups in total. The lowest BCUT2D eigenvalue weighted by Gasteiger charge is -2.03. The second kappa shape index (κ2) is 4.97. The van der Waals surface area contributed by atoms with E-state index in [1.165, 1.54) is 17.1 Å². The van der Waals surface area contributed by atoms with Crippen molar-refractivity contribution in [1.82, 2.24) is 15.0 Å². The highest BCUT2D eigenvalue weighted by molar-refractivity contribution is 5.83. The van der Waals surface area contributed by atoms with E-state index in [2.05, 4.69) is 32.4 Å². The van der Waals surface area contributed by atoms with Crippen LogP contribution in [0.2, 0.25) is 0 Å². The molecule has 0 aliphatic rings. The van der Waals surface area contributed by atoms with Gasteiger partial charge in [-0.15, -0.1) is 0 Å². The maximum atomic E-state index is 11.4. The van der Waals surface area contributed by atoms with E-state index in [0.717, 1.165) is 11.9 Å². The molecular formula is C14H14N4O. The van der Waals surface area contributed by atoms with Crippen molar-refractivity contribution in [2.75, 3.05) is 11.9 Å². The Hall–Kier alpha value is -2.56. The summed E-state index contributed by atoms with van der Waals surface area (Å²) in [7, 11) is 0. The average molecular weight is 254 g/mol. The number of nitrogens with one attached hydrogen (secondary N) is 3. The highest BCUT2D eigenvalue weighted by Gasteiger charge is 2.03. The molecule has 0 spiro atoms. The van der Waals surface area contributed by atoms with E-state index in [1.807, 2.05) is 18.3 Å². The van der Waals surface area contributed by atoms with Gasteiger partial charge < -0.3 is 15.3 Å². The fourth-order valence-corrected chi connectivity index (χ4v) is 2.13. The summed E-state index contributed by atoms with van der Waals surface area (Å²) in [6.45, 7) is 0.669. The SMILES string of the molecule is O=c1[nH]ccnc1NCCc1c[nH]c2ccccc12. The third kappa shape index (κ3) is 2.35. The van der Waals surface area contributed by atoms with Crippen LogP contribution in [0, 0.1) is 0 Å². The Morgan fingerprint density at radius 2 is 2.11 bits per heavy atom. The van der Waals surface area contributed by atoms with Gasteiger partial charge in [-0.25, -0.2) is 4.98 Å². The van der Waals surface area contributed by atoms with Crippen molar-refractivity contribution in [2.24, 2.45) is 0 Å². The zero-order valence-electron chi connectivity index (χ0n) is 10.3. The first kappa shape index (κ1) is 11.5. The molecule has 0 atom stereocenters. The van der Waals surface area contributed by atoms with Crippen molar-refractivity contribution in [3.63, 3.8) is 0 Å². The molecule has 96 valence electrons. The predicted molar refractivity (Wildman–Crippen MR) is 75.4 cm³/mol. The Morgan fingerprint density at radius 1 is 1.21 bits per heavy atom. The van der Waals surface area contributed by atoms with Crippen molar-refractivity contribution < 1.29 is 0 Å². The normalized spacial score (nSPS) is 10.7. The molecule has 0 fully saturated rings. The first-order chi connectivity index (χ1) is 9.34. The monoisotopic (exact) mass is 254 g/mol. The van der Waals surface area contributed by atoms with Crippen LogP contribution >= 0.6 is 0 Å². The van der Waals surface area contributed by atoms with E-state index in [1.54, 1.807) is 6.20 Å². The molecular weight excluding hydrogens is 240 g/mol. The fourth-order valence-electron chi connectivity index (χ4n) is 2.13. The molecule has 19 heavy (non-hydrogen) atoms. The van der Waals surface area contributed by atoms with Gasteiger partial charge in [0.05, 0.1) is 0 Å². The molecule has 0 amide bonds. The van der Waals surface area contributed by atoms with Gasteiger partial charge in [0.25, 0.3) is 5.56 Å². The third-order valence-corrected chi connectivity index (χ3v) is 3.07. The quantitative estimate of drug-likeness (QED) is 0.665. The lowest BCUT2D eigenvalue weighted by molar-refractivity contribution is 0.996. The number of hydrogen-bond donors (Lipinski definition) is 3. The number of H-pyrrole nitrogens is 2. The summed E-state index contributed by atoms with van der Waals surface area (Å²) in [5, 5.41) is 4.27. The molecule has 3 aromatic rings. The second-order valence-corrected chi connectivity index (χ2v) is 4.30. The molecule has 3 rings (SSSR count). The highest BCUT2D eigenvalue weighted by Crippen LogP contribution is 2.17. The van der Waals surface area contributed by atoms with E-state index < -0.39 is 0 Å². The first-order valence-corrected chi connectivity index (χ1v) is 6.17. The summed E-state index contributed by atoms with van der Waals surface area (Å²) in [5.74, 6) is 0.363. The smallest absolute Gasteiger partial charge is 0.290 e. The highest BCUT2D eigenvalue weighted by atomic mass is 16.1. The van der Waals surface area contributed by atoms with Crippen molar-refractivity contribution in [2.45, 2.75) is 6.42 Å². The summed E-state index contributed by atoms with van der Waals surface area (Å²) in [5.41, 5.74) is 2.17. The number of para-hydroxylation sites is 1. The van der Waals surface area contributed by atoms with Gasteiger partial charge in [-0.1, -0.05) is 18.2 Å². The minimum atomic E-state index is -0.193. The van der Waals surface area contributed by atoms with Gasteiger partial charge in [-0.2, -0.15) is 0 Å². The maximum Gasteiger partial charge on any atom is 0.290 e. The number of rotatable bonds is 4. The zero-order chi connectivity index (χ0) is 13.1. The molecule has 0 aliphatic carbocycles. The summed E-state index contributed by atoms with van der Waals surface area (Å²) in [6, 6.07) is 8.18. The fraction of sp³-hybridized carbons (Fsp3) is 0.143. The lowest BCUT2D eigenvalue weighted by Crippen LogP contribution is -2.17. The lowest BCUT2D eigenvalue weighted by atomic mass is 10.1. The van der Waals surface area contributed by atoms with Crippen molar-refractivity contribution in [3.8, 4) is 0 Å². The minimum absolute atomic E-state index is 0.193. The number of nitrogens with zero attached hydrogens (tertiary/aromatic N) is 1. The Morgan fingerprint density at radius 3 is 3.00 bits per heavy atom. The third-order valence-electron chi connectivity index (χ3n) is 3.07. The number of benzene rings is 1. The Bertz CT molecular complexity index is 744.